The summed E-state index contributed by atoms with van der Waals surface area (Å²) in [4.78, 5) is 24.8. The summed E-state index contributed by atoms with van der Waals surface area (Å²) >= 11 is 0. The van der Waals surface area contributed by atoms with E-state index in [-0.39, 0.29) is 11.3 Å². The molecule has 29 heavy (non-hydrogen) atoms. The standard InChI is InChI=1S/C22H21NO5S/c1-15(21(24)23-20-9-5-7-17-6-3-4-8-19(17)20)28-22(25)18-12-10-16(11-13-18)14-29(2,26)27/h3-13,15H,14H2,1-2H3,(H,23,24)/t15-/m1/s1. The Morgan fingerprint density at radius 3 is 2.31 bits per heavy atom. The summed E-state index contributed by atoms with van der Waals surface area (Å²) in [5, 5.41) is 4.68. The van der Waals surface area contributed by atoms with Crippen molar-refractivity contribution < 1.29 is 22.7 Å². The van der Waals surface area contributed by atoms with Crippen molar-refractivity contribution >= 4 is 38.2 Å². The molecule has 0 heterocycles. The molecule has 6 nitrogen and oxygen atoms in total. The van der Waals surface area contributed by atoms with Gasteiger partial charge < -0.3 is 10.1 Å². The van der Waals surface area contributed by atoms with Gasteiger partial charge >= 0.3 is 5.97 Å². The number of ether oxygens (including phenoxy) is 1. The van der Waals surface area contributed by atoms with Crippen molar-refractivity contribution in [3.63, 3.8) is 0 Å². The summed E-state index contributed by atoms with van der Waals surface area (Å²) in [5.41, 5.74) is 1.46. The quantitative estimate of drug-likeness (QED) is 0.627. The van der Waals surface area contributed by atoms with Crippen molar-refractivity contribution in [2.75, 3.05) is 11.6 Å². The molecule has 0 aliphatic carbocycles. The van der Waals surface area contributed by atoms with Gasteiger partial charge in [-0.1, -0.05) is 48.5 Å². The molecule has 0 aliphatic heterocycles. The predicted molar refractivity (Wildman–Crippen MR) is 112 cm³/mol. The van der Waals surface area contributed by atoms with Crippen LogP contribution in [0.1, 0.15) is 22.8 Å². The number of hydrogen-bond donors (Lipinski definition) is 1. The van der Waals surface area contributed by atoms with Gasteiger partial charge in [0, 0.05) is 17.3 Å². The third kappa shape index (κ3) is 5.42. The van der Waals surface area contributed by atoms with E-state index in [4.69, 9.17) is 4.74 Å². The van der Waals surface area contributed by atoms with Crippen molar-refractivity contribution in [3.8, 4) is 0 Å². The number of hydrogen-bond acceptors (Lipinski definition) is 5. The molecule has 0 unspecified atom stereocenters. The second-order valence-corrected chi connectivity index (χ2v) is 8.97. The molecule has 0 aliphatic rings. The van der Waals surface area contributed by atoms with Crippen LogP contribution in [0.2, 0.25) is 0 Å². The normalized spacial score (nSPS) is 12.3. The topological polar surface area (TPSA) is 89.5 Å². The number of benzene rings is 3. The third-order valence-corrected chi connectivity index (χ3v) is 5.18. The summed E-state index contributed by atoms with van der Waals surface area (Å²) in [6, 6.07) is 19.3. The first-order valence-electron chi connectivity index (χ1n) is 8.99. The maximum absolute atomic E-state index is 12.5. The maximum Gasteiger partial charge on any atom is 0.338 e. The molecular weight excluding hydrogens is 390 g/mol. The molecule has 1 N–H and O–H groups in total. The maximum atomic E-state index is 12.5. The number of fused-ring (bicyclic) bond motifs is 1. The summed E-state index contributed by atoms with van der Waals surface area (Å²) < 4.78 is 27.9. The summed E-state index contributed by atoms with van der Waals surface area (Å²) in [6.07, 6.45) is 0.142. The van der Waals surface area contributed by atoms with Crippen LogP contribution in [-0.2, 0) is 25.1 Å². The molecule has 1 amide bonds. The van der Waals surface area contributed by atoms with Gasteiger partial charge in [0.25, 0.3) is 5.91 Å². The Balaban J connectivity index is 1.65. The highest BCUT2D eigenvalue weighted by Crippen LogP contribution is 2.23. The van der Waals surface area contributed by atoms with Gasteiger partial charge in [-0.25, -0.2) is 13.2 Å². The Hall–Kier alpha value is -3.19. The van der Waals surface area contributed by atoms with Gasteiger partial charge in [0.05, 0.1) is 11.3 Å². The van der Waals surface area contributed by atoms with E-state index >= 15 is 0 Å². The van der Waals surface area contributed by atoms with E-state index in [0.717, 1.165) is 17.0 Å². The van der Waals surface area contributed by atoms with Gasteiger partial charge in [-0.05, 0) is 36.1 Å². The fraction of sp³-hybridized carbons (Fsp3) is 0.182. The Morgan fingerprint density at radius 2 is 1.62 bits per heavy atom. The average Bonchev–Trinajstić information content (AvgIpc) is 2.67. The fourth-order valence-electron chi connectivity index (χ4n) is 2.89. The van der Waals surface area contributed by atoms with E-state index in [1.165, 1.54) is 19.1 Å². The molecule has 0 fully saturated rings. The number of carbonyl (C=O) groups excluding carboxylic acids is 2. The lowest BCUT2D eigenvalue weighted by Gasteiger charge is -2.15. The molecule has 1 atom stereocenters. The Labute approximate surface area is 169 Å². The third-order valence-electron chi connectivity index (χ3n) is 4.32. The lowest BCUT2D eigenvalue weighted by atomic mass is 10.1. The minimum atomic E-state index is -3.16. The second kappa shape index (κ2) is 8.45. The molecule has 0 spiro atoms. The Morgan fingerprint density at radius 1 is 0.966 bits per heavy atom. The van der Waals surface area contributed by atoms with E-state index in [9.17, 15) is 18.0 Å². The SMILES string of the molecule is C[C@@H](OC(=O)c1ccc(CS(C)(=O)=O)cc1)C(=O)Nc1cccc2ccccc12. The van der Waals surface area contributed by atoms with Gasteiger partial charge in [0.2, 0.25) is 0 Å². The molecule has 3 aromatic rings. The second-order valence-electron chi connectivity index (χ2n) is 6.83. The smallest absolute Gasteiger partial charge is 0.338 e. The van der Waals surface area contributed by atoms with Crippen LogP contribution < -0.4 is 5.32 Å². The molecule has 0 bridgehead atoms. The molecule has 3 rings (SSSR count). The van der Waals surface area contributed by atoms with Crippen molar-refractivity contribution in [1.82, 2.24) is 0 Å². The van der Waals surface area contributed by atoms with E-state index in [1.54, 1.807) is 18.2 Å². The number of nitrogens with one attached hydrogen (secondary N) is 1. The number of amides is 1. The highest BCUT2D eigenvalue weighted by atomic mass is 32.2. The molecule has 7 heteroatoms. The van der Waals surface area contributed by atoms with Crippen molar-refractivity contribution in [2.24, 2.45) is 0 Å². The number of rotatable bonds is 6. The zero-order valence-electron chi connectivity index (χ0n) is 16.1. The first kappa shape index (κ1) is 20.5. The first-order valence-corrected chi connectivity index (χ1v) is 11.1. The van der Waals surface area contributed by atoms with E-state index in [2.05, 4.69) is 5.32 Å². The molecule has 150 valence electrons. The predicted octanol–water partition coefficient (Wildman–Crippen LogP) is 3.57. The van der Waals surface area contributed by atoms with Crippen LogP contribution in [0.5, 0.6) is 0 Å². The Bertz CT molecular complexity index is 1150. The van der Waals surface area contributed by atoms with Crippen LogP contribution in [0.25, 0.3) is 10.8 Å². The van der Waals surface area contributed by atoms with Crippen LogP contribution in [0.15, 0.2) is 66.7 Å². The highest BCUT2D eigenvalue weighted by molar-refractivity contribution is 7.89. The van der Waals surface area contributed by atoms with Gasteiger partial charge in [-0.15, -0.1) is 0 Å². The van der Waals surface area contributed by atoms with Crippen molar-refractivity contribution in [1.29, 1.82) is 0 Å². The van der Waals surface area contributed by atoms with E-state index in [0.29, 0.717) is 11.3 Å². The summed E-state index contributed by atoms with van der Waals surface area (Å²) in [6.45, 7) is 1.50. The molecule has 0 saturated heterocycles. The number of carbonyl (C=O) groups is 2. The Kier molecular flexibility index (Phi) is 5.98. The summed E-state index contributed by atoms with van der Waals surface area (Å²) in [7, 11) is -3.16. The molecule has 0 aromatic heterocycles. The van der Waals surface area contributed by atoms with Crippen LogP contribution in [0, 0.1) is 0 Å². The number of sulfone groups is 1. The van der Waals surface area contributed by atoms with Gasteiger partial charge in [0.15, 0.2) is 15.9 Å². The van der Waals surface area contributed by atoms with Gasteiger partial charge in [-0.3, -0.25) is 4.79 Å². The van der Waals surface area contributed by atoms with E-state index in [1.807, 2.05) is 36.4 Å². The number of anilines is 1. The monoisotopic (exact) mass is 411 g/mol. The minimum absolute atomic E-state index is 0.105. The lowest BCUT2D eigenvalue weighted by Crippen LogP contribution is -2.30. The van der Waals surface area contributed by atoms with Crippen molar-refractivity contribution in [3.05, 3.63) is 77.9 Å². The minimum Gasteiger partial charge on any atom is -0.449 e. The van der Waals surface area contributed by atoms with Gasteiger partial charge in [0.1, 0.15) is 0 Å². The summed E-state index contributed by atoms with van der Waals surface area (Å²) in [5.74, 6) is -1.20. The highest BCUT2D eigenvalue weighted by Gasteiger charge is 2.20. The number of esters is 1. The van der Waals surface area contributed by atoms with Crippen LogP contribution in [-0.4, -0.2) is 32.7 Å². The zero-order chi connectivity index (χ0) is 21.0. The largest absolute Gasteiger partial charge is 0.449 e. The molecule has 0 radical (unpaired) electrons. The average molecular weight is 411 g/mol. The van der Waals surface area contributed by atoms with Gasteiger partial charge in [-0.2, -0.15) is 0 Å². The van der Waals surface area contributed by atoms with Crippen LogP contribution in [0.4, 0.5) is 5.69 Å². The van der Waals surface area contributed by atoms with Crippen LogP contribution >= 0.6 is 0 Å². The zero-order valence-corrected chi connectivity index (χ0v) is 16.9. The molecular formula is C22H21NO5S. The fourth-order valence-corrected chi connectivity index (χ4v) is 3.69. The van der Waals surface area contributed by atoms with Crippen molar-refractivity contribution in [2.45, 2.75) is 18.8 Å². The molecule has 3 aromatic carbocycles. The molecule has 0 saturated carbocycles. The first-order chi connectivity index (χ1) is 13.7. The van der Waals surface area contributed by atoms with E-state index < -0.39 is 27.8 Å². The lowest BCUT2D eigenvalue weighted by molar-refractivity contribution is -0.123. The van der Waals surface area contributed by atoms with Crippen LogP contribution in [0.3, 0.4) is 0 Å².